The number of hydrogen-bond donors (Lipinski definition) is 2. The molecule has 0 spiro atoms. The van der Waals surface area contributed by atoms with Gasteiger partial charge in [-0.05, 0) is 24.5 Å². The maximum atomic E-state index is 12.5. The fourth-order valence-electron chi connectivity index (χ4n) is 2.25. The number of hydrogen-bond acceptors (Lipinski definition) is 3. The minimum atomic E-state index is -1.04. The number of pyridine rings is 1. The maximum absolute atomic E-state index is 12.5. The quantitative estimate of drug-likeness (QED) is 0.878. The highest BCUT2D eigenvalue weighted by Crippen LogP contribution is 2.14. The van der Waals surface area contributed by atoms with Crippen molar-refractivity contribution in [3.63, 3.8) is 0 Å². The topological polar surface area (TPSA) is 83.7 Å². The molecule has 6 nitrogen and oxygen atoms in total. The van der Waals surface area contributed by atoms with Crippen LogP contribution in [-0.2, 0) is 11.2 Å². The Morgan fingerprint density at radius 3 is 2.67 bits per heavy atom. The van der Waals surface area contributed by atoms with E-state index in [0.29, 0.717) is 23.5 Å². The van der Waals surface area contributed by atoms with Gasteiger partial charge in [-0.3, -0.25) is 9.20 Å². The first kappa shape index (κ1) is 15.0. The molecule has 0 saturated carbocycles. The van der Waals surface area contributed by atoms with E-state index in [2.05, 4.69) is 10.3 Å². The molecule has 0 radical (unpaired) electrons. The van der Waals surface area contributed by atoms with E-state index in [9.17, 15) is 14.7 Å². The summed E-state index contributed by atoms with van der Waals surface area (Å²) in [4.78, 5) is 28.1. The predicted octanol–water partition coefficient (Wildman–Crippen LogP) is 1.74. The van der Waals surface area contributed by atoms with Gasteiger partial charge in [-0.25, -0.2) is 9.78 Å². The van der Waals surface area contributed by atoms with E-state index in [4.69, 9.17) is 0 Å². The molecule has 0 aliphatic rings. The van der Waals surface area contributed by atoms with Crippen LogP contribution in [0, 0.1) is 5.92 Å². The second-order valence-corrected chi connectivity index (χ2v) is 5.22. The summed E-state index contributed by atoms with van der Waals surface area (Å²) in [5.74, 6) is -1.65. The van der Waals surface area contributed by atoms with Gasteiger partial charge < -0.3 is 10.4 Å². The Balaban J connectivity index is 2.41. The van der Waals surface area contributed by atoms with Crippen molar-refractivity contribution in [1.82, 2.24) is 14.7 Å². The van der Waals surface area contributed by atoms with Crippen molar-refractivity contribution < 1.29 is 14.7 Å². The Kier molecular flexibility index (Phi) is 4.26. The lowest BCUT2D eigenvalue weighted by Gasteiger charge is -2.18. The molecule has 0 aliphatic carbocycles. The number of rotatable bonds is 5. The number of aromatic nitrogens is 2. The van der Waals surface area contributed by atoms with Gasteiger partial charge >= 0.3 is 5.97 Å². The molecule has 1 amide bonds. The number of carbonyl (C=O) groups excluding carboxylic acids is 1. The maximum Gasteiger partial charge on any atom is 0.326 e. The third-order valence-electron chi connectivity index (χ3n) is 3.37. The van der Waals surface area contributed by atoms with Crippen LogP contribution in [0.3, 0.4) is 0 Å². The minimum absolute atomic E-state index is 0.198. The van der Waals surface area contributed by atoms with E-state index in [0.717, 1.165) is 0 Å². The van der Waals surface area contributed by atoms with Crippen molar-refractivity contribution in [2.45, 2.75) is 33.2 Å². The monoisotopic (exact) mass is 289 g/mol. The van der Waals surface area contributed by atoms with E-state index >= 15 is 0 Å². The molecule has 0 aliphatic heterocycles. The van der Waals surface area contributed by atoms with Crippen molar-refractivity contribution >= 4 is 17.5 Å². The van der Waals surface area contributed by atoms with E-state index in [1.807, 2.05) is 25.1 Å². The van der Waals surface area contributed by atoms with Crippen LogP contribution in [0.4, 0.5) is 0 Å². The number of amides is 1. The highest BCUT2D eigenvalue weighted by Gasteiger charge is 2.26. The van der Waals surface area contributed by atoms with Crippen LogP contribution >= 0.6 is 0 Å². The third-order valence-corrected chi connectivity index (χ3v) is 3.37. The number of imidazole rings is 1. The molecule has 2 N–H and O–H groups in total. The van der Waals surface area contributed by atoms with Gasteiger partial charge in [0.25, 0.3) is 5.91 Å². The van der Waals surface area contributed by atoms with Gasteiger partial charge in [-0.2, -0.15) is 0 Å². The first-order valence-electron chi connectivity index (χ1n) is 6.95. The van der Waals surface area contributed by atoms with E-state index in [1.165, 1.54) is 0 Å². The van der Waals surface area contributed by atoms with Gasteiger partial charge in [0, 0.05) is 6.20 Å². The zero-order valence-electron chi connectivity index (χ0n) is 12.3. The number of nitrogens with one attached hydrogen (secondary N) is 1. The molecule has 112 valence electrons. The summed E-state index contributed by atoms with van der Waals surface area (Å²) >= 11 is 0. The Morgan fingerprint density at radius 1 is 1.38 bits per heavy atom. The number of fused-ring (bicyclic) bond motifs is 1. The molecule has 0 saturated heterocycles. The second-order valence-electron chi connectivity index (χ2n) is 5.22. The van der Waals surface area contributed by atoms with Crippen LogP contribution in [-0.4, -0.2) is 32.4 Å². The van der Waals surface area contributed by atoms with Crippen molar-refractivity contribution in [3.05, 3.63) is 35.8 Å². The van der Waals surface area contributed by atoms with Crippen LogP contribution in [0.15, 0.2) is 24.4 Å². The molecule has 21 heavy (non-hydrogen) atoms. The van der Waals surface area contributed by atoms with E-state index in [-0.39, 0.29) is 5.92 Å². The first-order chi connectivity index (χ1) is 9.95. The lowest BCUT2D eigenvalue weighted by molar-refractivity contribution is -0.140. The molecule has 1 atom stereocenters. The lowest BCUT2D eigenvalue weighted by atomic mass is 10.0. The van der Waals surface area contributed by atoms with Crippen LogP contribution in [0.25, 0.3) is 5.65 Å². The van der Waals surface area contributed by atoms with Crippen LogP contribution in [0.2, 0.25) is 0 Å². The Hall–Kier alpha value is -2.37. The smallest absolute Gasteiger partial charge is 0.326 e. The van der Waals surface area contributed by atoms with Gasteiger partial charge in [0.05, 0.1) is 5.69 Å². The molecule has 0 aromatic carbocycles. The zero-order chi connectivity index (χ0) is 15.6. The second kappa shape index (κ2) is 5.95. The van der Waals surface area contributed by atoms with Crippen molar-refractivity contribution in [2.24, 2.45) is 5.92 Å². The summed E-state index contributed by atoms with van der Waals surface area (Å²) in [6, 6.07) is 4.55. The number of nitrogens with zero attached hydrogens (tertiary/aromatic N) is 2. The van der Waals surface area contributed by atoms with Gasteiger partial charge in [0.15, 0.2) is 0 Å². The third kappa shape index (κ3) is 2.89. The predicted molar refractivity (Wildman–Crippen MR) is 78.3 cm³/mol. The Morgan fingerprint density at radius 2 is 2.10 bits per heavy atom. The molecule has 0 bridgehead atoms. The molecule has 2 aromatic heterocycles. The SMILES string of the molecule is CCc1nc2ccccn2c1C(=O)NC(C(=O)O)C(C)C. The fourth-order valence-corrected chi connectivity index (χ4v) is 2.25. The lowest BCUT2D eigenvalue weighted by Crippen LogP contribution is -2.44. The number of aryl methyl sites for hydroxylation is 1. The average molecular weight is 289 g/mol. The number of carbonyl (C=O) groups is 2. The standard InChI is InChI=1S/C15H19N3O3/c1-4-10-13(18-8-6-5-7-11(18)16-10)14(19)17-12(9(2)3)15(20)21/h5-9,12H,4H2,1-3H3,(H,17,19)(H,20,21). The van der Waals surface area contributed by atoms with Gasteiger partial charge in [0.2, 0.25) is 0 Å². The molecule has 2 aromatic rings. The molecule has 2 heterocycles. The molecular formula is C15H19N3O3. The van der Waals surface area contributed by atoms with E-state index in [1.54, 1.807) is 24.4 Å². The molecule has 2 rings (SSSR count). The molecule has 0 fully saturated rings. The minimum Gasteiger partial charge on any atom is -0.480 e. The summed E-state index contributed by atoms with van der Waals surface area (Å²) in [6.45, 7) is 5.43. The van der Waals surface area contributed by atoms with E-state index < -0.39 is 17.9 Å². The highest BCUT2D eigenvalue weighted by molar-refractivity contribution is 5.97. The summed E-state index contributed by atoms with van der Waals surface area (Å²) in [6.07, 6.45) is 2.35. The van der Waals surface area contributed by atoms with Gasteiger partial charge in [-0.15, -0.1) is 0 Å². The van der Waals surface area contributed by atoms with Crippen molar-refractivity contribution in [3.8, 4) is 0 Å². The molecule has 6 heteroatoms. The number of carboxylic acids is 1. The zero-order valence-corrected chi connectivity index (χ0v) is 12.3. The number of aliphatic carboxylic acids is 1. The fraction of sp³-hybridized carbons (Fsp3) is 0.400. The summed E-state index contributed by atoms with van der Waals surface area (Å²) in [5.41, 5.74) is 1.74. The number of carboxylic acid groups (broad SMARTS) is 1. The summed E-state index contributed by atoms with van der Waals surface area (Å²) < 4.78 is 1.69. The summed E-state index contributed by atoms with van der Waals surface area (Å²) in [7, 11) is 0. The van der Waals surface area contributed by atoms with Crippen molar-refractivity contribution in [1.29, 1.82) is 0 Å². The van der Waals surface area contributed by atoms with Crippen LogP contribution in [0.5, 0.6) is 0 Å². The van der Waals surface area contributed by atoms with Crippen molar-refractivity contribution in [2.75, 3.05) is 0 Å². The molecule has 1 unspecified atom stereocenters. The first-order valence-corrected chi connectivity index (χ1v) is 6.95. The largest absolute Gasteiger partial charge is 0.480 e. The molecular weight excluding hydrogens is 270 g/mol. The van der Waals surface area contributed by atoms with Gasteiger partial charge in [-0.1, -0.05) is 26.8 Å². The summed E-state index contributed by atoms with van der Waals surface area (Å²) in [5, 5.41) is 11.8. The Labute approximate surface area is 122 Å². The normalized spacial score (nSPS) is 12.6. The van der Waals surface area contributed by atoms with Crippen LogP contribution in [0.1, 0.15) is 37.0 Å². The Bertz CT molecular complexity index is 676. The van der Waals surface area contributed by atoms with Crippen LogP contribution < -0.4 is 5.32 Å². The highest BCUT2D eigenvalue weighted by atomic mass is 16.4. The average Bonchev–Trinajstić information content (AvgIpc) is 2.82. The van der Waals surface area contributed by atoms with Gasteiger partial charge in [0.1, 0.15) is 17.4 Å².